The standard InChI is InChI=1S/C33H33F4N3O5S/c1-40(2)14-13-19-7-9-20(10-8-19)25-17-26(28(45-3)18-27(25)34)31(41)39-30-22-12-11-21(15-22)29(30)32(42)38-23-5-4-6-24(16-23)46(43,44)33(35,36)37/h4-12,16-18,21-22,29-30H,13-15H2,1-3H3,(H,38,42)(H,39,41)/t21-,22+,29+,30-/m1/s1. The maximum atomic E-state index is 15.2. The minimum atomic E-state index is -5.62. The second-order valence-electron chi connectivity index (χ2n) is 11.7. The van der Waals surface area contributed by atoms with Gasteiger partial charge in [0.1, 0.15) is 11.6 Å². The van der Waals surface area contributed by atoms with Crippen LogP contribution in [0.25, 0.3) is 11.1 Å². The topological polar surface area (TPSA) is 105 Å². The fraction of sp³-hybridized carbons (Fsp3) is 0.333. The second kappa shape index (κ2) is 12.9. The van der Waals surface area contributed by atoms with Crippen molar-refractivity contribution in [1.29, 1.82) is 0 Å². The summed E-state index contributed by atoms with van der Waals surface area (Å²) >= 11 is 0. The Balaban J connectivity index is 1.37. The lowest BCUT2D eigenvalue weighted by Gasteiger charge is -2.28. The normalized spacial score (nSPS) is 20.6. The molecule has 244 valence electrons. The third-order valence-electron chi connectivity index (χ3n) is 8.42. The molecule has 0 saturated heterocycles. The number of halogens is 4. The summed E-state index contributed by atoms with van der Waals surface area (Å²) in [6, 6.07) is 13.2. The molecule has 13 heteroatoms. The fourth-order valence-electron chi connectivity index (χ4n) is 6.03. The number of benzene rings is 3. The zero-order chi connectivity index (χ0) is 33.4. The first-order chi connectivity index (χ1) is 21.7. The lowest BCUT2D eigenvalue weighted by molar-refractivity contribution is -0.121. The van der Waals surface area contributed by atoms with E-state index in [0.29, 0.717) is 12.0 Å². The molecule has 8 nitrogen and oxygen atoms in total. The van der Waals surface area contributed by atoms with Crippen LogP contribution in [0.5, 0.6) is 5.75 Å². The number of anilines is 1. The van der Waals surface area contributed by atoms with Gasteiger partial charge < -0.3 is 20.3 Å². The lowest BCUT2D eigenvalue weighted by atomic mass is 9.87. The van der Waals surface area contributed by atoms with Crippen LogP contribution >= 0.6 is 0 Å². The van der Waals surface area contributed by atoms with Gasteiger partial charge in [-0.1, -0.05) is 42.5 Å². The van der Waals surface area contributed by atoms with Gasteiger partial charge in [-0.2, -0.15) is 13.2 Å². The number of carbonyl (C=O) groups excluding carboxylic acids is 2. The molecule has 3 aromatic carbocycles. The smallest absolute Gasteiger partial charge is 0.496 e. The van der Waals surface area contributed by atoms with E-state index in [1.54, 1.807) is 12.1 Å². The molecule has 2 bridgehead atoms. The minimum Gasteiger partial charge on any atom is -0.496 e. The number of methoxy groups -OCH3 is 1. The summed E-state index contributed by atoms with van der Waals surface area (Å²) in [4.78, 5) is 28.2. The van der Waals surface area contributed by atoms with Crippen molar-refractivity contribution in [2.75, 3.05) is 33.1 Å². The number of hydrogen-bond donors (Lipinski definition) is 2. The van der Waals surface area contributed by atoms with Gasteiger partial charge in [-0.3, -0.25) is 9.59 Å². The Hall–Kier alpha value is -4.23. The molecule has 2 aliphatic rings. The van der Waals surface area contributed by atoms with Crippen molar-refractivity contribution in [2.24, 2.45) is 17.8 Å². The van der Waals surface area contributed by atoms with Crippen LogP contribution in [0.15, 0.2) is 77.7 Å². The number of carbonyl (C=O) groups is 2. The van der Waals surface area contributed by atoms with E-state index in [1.807, 2.05) is 38.4 Å². The Morgan fingerprint density at radius 2 is 1.70 bits per heavy atom. The number of nitrogens with zero attached hydrogens (tertiary/aromatic N) is 1. The number of likely N-dealkylation sites (N-methyl/N-ethyl adjacent to an activating group) is 1. The van der Waals surface area contributed by atoms with E-state index in [0.717, 1.165) is 42.8 Å². The Morgan fingerprint density at radius 3 is 2.35 bits per heavy atom. The molecule has 0 aliphatic heterocycles. The van der Waals surface area contributed by atoms with Crippen LogP contribution in [-0.2, 0) is 21.1 Å². The number of sulfone groups is 1. The SMILES string of the molecule is COc1cc(F)c(-c2ccc(CCN(C)C)cc2)cc1C(=O)N[C@H]1[C@@H](C(=O)Nc2cccc(S(=O)(=O)C(F)(F)F)c2)[C@@H]2C=C[C@H]1C2. The molecule has 0 spiro atoms. The Bertz CT molecular complexity index is 1770. The van der Waals surface area contributed by atoms with Gasteiger partial charge in [0.15, 0.2) is 0 Å². The van der Waals surface area contributed by atoms with E-state index in [-0.39, 0.29) is 34.4 Å². The molecule has 0 unspecified atom stereocenters. The monoisotopic (exact) mass is 659 g/mol. The third-order valence-corrected chi connectivity index (χ3v) is 9.91. The Morgan fingerprint density at radius 1 is 1.00 bits per heavy atom. The third kappa shape index (κ3) is 6.66. The highest BCUT2D eigenvalue weighted by Gasteiger charge is 2.49. The molecule has 2 N–H and O–H groups in total. The number of hydrogen-bond acceptors (Lipinski definition) is 6. The molecular weight excluding hydrogens is 626 g/mol. The Kier molecular flexibility index (Phi) is 9.28. The summed E-state index contributed by atoms with van der Waals surface area (Å²) in [7, 11) is -0.354. The predicted octanol–water partition coefficient (Wildman–Crippen LogP) is 5.46. The maximum absolute atomic E-state index is 15.2. The van der Waals surface area contributed by atoms with Gasteiger partial charge in [-0.25, -0.2) is 12.8 Å². The number of nitrogens with one attached hydrogen (secondary N) is 2. The van der Waals surface area contributed by atoms with Crippen molar-refractivity contribution < 1.29 is 40.3 Å². The van der Waals surface area contributed by atoms with Crippen molar-refractivity contribution in [1.82, 2.24) is 10.2 Å². The molecule has 4 atom stereocenters. The van der Waals surface area contributed by atoms with Gasteiger partial charge in [0, 0.05) is 29.9 Å². The lowest BCUT2D eigenvalue weighted by Crippen LogP contribution is -2.47. The molecule has 2 aliphatic carbocycles. The average Bonchev–Trinajstić information content (AvgIpc) is 3.62. The van der Waals surface area contributed by atoms with E-state index < -0.39 is 49.8 Å². The van der Waals surface area contributed by atoms with Crippen LogP contribution < -0.4 is 15.4 Å². The van der Waals surface area contributed by atoms with Gasteiger partial charge >= 0.3 is 5.51 Å². The highest BCUT2D eigenvalue weighted by atomic mass is 32.2. The first-order valence-corrected chi connectivity index (χ1v) is 16.0. The van der Waals surface area contributed by atoms with E-state index in [2.05, 4.69) is 15.5 Å². The molecule has 1 saturated carbocycles. The van der Waals surface area contributed by atoms with E-state index in [1.165, 1.54) is 19.2 Å². The quantitative estimate of drug-likeness (QED) is 0.222. The average molecular weight is 660 g/mol. The summed E-state index contributed by atoms with van der Waals surface area (Å²) in [5, 5.41) is 5.43. The largest absolute Gasteiger partial charge is 0.501 e. The zero-order valence-electron chi connectivity index (χ0n) is 25.3. The van der Waals surface area contributed by atoms with Gasteiger partial charge in [0.25, 0.3) is 15.7 Å². The molecule has 3 aromatic rings. The van der Waals surface area contributed by atoms with Gasteiger partial charge in [0.2, 0.25) is 5.91 Å². The van der Waals surface area contributed by atoms with Crippen LogP contribution in [0.4, 0.5) is 23.2 Å². The first-order valence-electron chi connectivity index (χ1n) is 14.5. The summed E-state index contributed by atoms with van der Waals surface area (Å²) < 4.78 is 83.6. The zero-order valence-corrected chi connectivity index (χ0v) is 26.1. The maximum Gasteiger partial charge on any atom is 0.501 e. The van der Waals surface area contributed by atoms with Crippen molar-refractivity contribution in [3.05, 3.63) is 89.8 Å². The highest BCUT2D eigenvalue weighted by Crippen LogP contribution is 2.45. The molecule has 2 amide bonds. The molecule has 46 heavy (non-hydrogen) atoms. The number of amides is 2. The van der Waals surface area contributed by atoms with Crippen LogP contribution in [0.1, 0.15) is 22.3 Å². The summed E-state index contributed by atoms with van der Waals surface area (Å²) in [5.41, 5.74) is -3.74. The summed E-state index contributed by atoms with van der Waals surface area (Å²) in [6.07, 6.45) is 5.11. The Labute approximate surface area is 264 Å². The van der Waals surface area contributed by atoms with Crippen LogP contribution in [0.2, 0.25) is 0 Å². The summed E-state index contributed by atoms with van der Waals surface area (Å²) in [5.74, 6) is -3.04. The van der Waals surface area contributed by atoms with Gasteiger partial charge in [-0.15, -0.1) is 0 Å². The molecular formula is C33H33F4N3O5S. The number of alkyl halides is 3. The van der Waals surface area contributed by atoms with Crippen LogP contribution in [-0.4, -0.2) is 64.4 Å². The van der Waals surface area contributed by atoms with E-state index >= 15 is 4.39 Å². The van der Waals surface area contributed by atoms with Crippen molar-refractivity contribution in [2.45, 2.75) is 29.3 Å². The first kappa shape index (κ1) is 33.1. The van der Waals surface area contributed by atoms with E-state index in [4.69, 9.17) is 4.74 Å². The van der Waals surface area contributed by atoms with Crippen LogP contribution in [0.3, 0.4) is 0 Å². The summed E-state index contributed by atoms with van der Waals surface area (Å²) in [6.45, 7) is 0.851. The van der Waals surface area contributed by atoms with Gasteiger partial charge in [-0.05, 0) is 74.2 Å². The highest BCUT2D eigenvalue weighted by molar-refractivity contribution is 7.92. The fourth-order valence-corrected chi connectivity index (χ4v) is 6.84. The molecule has 0 aromatic heterocycles. The minimum absolute atomic E-state index is 0.00346. The molecule has 0 heterocycles. The van der Waals surface area contributed by atoms with Crippen molar-refractivity contribution in [3.8, 4) is 16.9 Å². The van der Waals surface area contributed by atoms with Gasteiger partial charge in [0.05, 0.1) is 23.5 Å². The van der Waals surface area contributed by atoms with Crippen LogP contribution in [0, 0.1) is 23.6 Å². The number of allylic oxidation sites excluding steroid dienone is 1. The van der Waals surface area contributed by atoms with E-state index in [9.17, 15) is 31.2 Å². The number of fused-ring (bicyclic) bond motifs is 2. The predicted molar refractivity (Wildman–Crippen MR) is 164 cm³/mol. The molecule has 1 fully saturated rings. The molecule has 0 radical (unpaired) electrons. The van der Waals surface area contributed by atoms with Crippen molar-refractivity contribution >= 4 is 27.3 Å². The number of ether oxygens (including phenoxy) is 1. The second-order valence-corrected chi connectivity index (χ2v) is 13.7. The van der Waals surface area contributed by atoms with Crippen molar-refractivity contribution in [3.63, 3.8) is 0 Å². The molecule has 5 rings (SSSR count). The number of rotatable bonds is 10.